The van der Waals surface area contributed by atoms with E-state index in [-0.39, 0.29) is 18.0 Å². The van der Waals surface area contributed by atoms with E-state index in [2.05, 4.69) is 15.3 Å². The zero-order valence-corrected chi connectivity index (χ0v) is 15.9. The third-order valence-corrected chi connectivity index (χ3v) is 5.15. The molecule has 3 aromatic rings. The number of fused-ring (bicyclic) bond motifs is 1. The molecule has 2 aromatic heterocycles. The Bertz CT molecular complexity index is 1130. The number of aryl methyl sites for hydroxylation is 1. The zero-order valence-electron chi connectivity index (χ0n) is 15.1. The van der Waals surface area contributed by atoms with Gasteiger partial charge >= 0.3 is 0 Å². The Morgan fingerprint density at radius 2 is 2.10 bits per heavy atom. The van der Waals surface area contributed by atoms with Gasteiger partial charge in [-0.25, -0.2) is 4.98 Å². The zero-order chi connectivity index (χ0) is 20.4. The topological polar surface area (TPSA) is 116 Å². The summed E-state index contributed by atoms with van der Waals surface area (Å²) in [6.45, 7) is 1.84. The summed E-state index contributed by atoms with van der Waals surface area (Å²) in [6.07, 6.45) is 4.25. The number of nitro benzene ring substituents is 1. The molecule has 0 saturated heterocycles. The predicted octanol–water partition coefficient (Wildman–Crippen LogP) is 3.80. The minimum Gasteiger partial charge on any atom is -0.454 e. The number of amides is 1. The van der Waals surface area contributed by atoms with Crippen molar-refractivity contribution in [2.24, 2.45) is 0 Å². The van der Waals surface area contributed by atoms with E-state index in [1.807, 2.05) is 25.1 Å². The molecule has 10 heteroatoms. The van der Waals surface area contributed by atoms with Crippen molar-refractivity contribution in [2.75, 3.05) is 12.1 Å². The SMILES string of the molecule is Cc1nc(NC(=O)/C=C/c2cc3c(cc2[N+](=O)[O-])OCO3)sc1-c1ccccn1. The van der Waals surface area contributed by atoms with Crippen molar-refractivity contribution in [3.05, 3.63) is 64.0 Å². The molecule has 0 fully saturated rings. The number of thiazole rings is 1. The van der Waals surface area contributed by atoms with E-state index < -0.39 is 10.8 Å². The van der Waals surface area contributed by atoms with Gasteiger partial charge in [0, 0.05) is 12.3 Å². The maximum absolute atomic E-state index is 12.3. The molecule has 1 aliphatic heterocycles. The van der Waals surface area contributed by atoms with Crippen LogP contribution >= 0.6 is 11.3 Å². The second-order valence-electron chi connectivity index (χ2n) is 5.99. The number of carbonyl (C=O) groups is 1. The van der Waals surface area contributed by atoms with Crippen LogP contribution in [0.5, 0.6) is 11.5 Å². The molecule has 1 amide bonds. The Morgan fingerprint density at radius 1 is 1.31 bits per heavy atom. The molecule has 146 valence electrons. The fraction of sp³-hybridized carbons (Fsp3) is 0.105. The largest absolute Gasteiger partial charge is 0.454 e. The predicted molar refractivity (Wildman–Crippen MR) is 107 cm³/mol. The summed E-state index contributed by atoms with van der Waals surface area (Å²) in [6, 6.07) is 8.31. The lowest BCUT2D eigenvalue weighted by Gasteiger charge is -2.01. The number of nitrogens with one attached hydrogen (secondary N) is 1. The van der Waals surface area contributed by atoms with Gasteiger partial charge in [0.15, 0.2) is 16.6 Å². The number of nitrogens with zero attached hydrogens (tertiary/aromatic N) is 3. The van der Waals surface area contributed by atoms with Crippen molar-refractivity contribution in [2.45, 2.75) is 6.92 Å². The van der Waals surface area contributed by atoms with Crippen LogP contribution in [0.15, 0.2) is 42.6 Å². The standard InChI is InChI=1S/C19H14N4O5S/c1-11-18(13-4-2-3-7-20-13)29-19(21-11)22-17(24)6-5-12-8-15-16(28-10-27-15)9-14(12)23(25)26/h2-9H,10H2,1H3,(H,21,22,24)/b6-5+. The number of nitro groups is 1. The molecule has 0 saturated carbocycles. The van der Waals surface area contributed by atoms with Gasteiger partial charge in [-0.1, -0.05) is 17.4 Å². The first-order valence-corrected chi connectivity index (χ1v) is 9.29. The third-order valence-electron chi connectivity index (χ3n) is 4.06. The van der Waals surface area contributed by atoms with Crippen LogP contribution in [-0.2, 0) is 4.79 Å². The van der Waals surface area contributed by atoms with Crippen LogP contribution in [0.3, 0.4) is 0 Å². The molecule has 0 aliphatic carbocycles. The summed E-state index contributed by atoms with van der Waals surface area (Å²) in [4.78, 5) is 32.5. The van der Waals surface area contributed by atoms with Crippen molar-refractivity contribution < 1.29 is 19.2 Å². The number of hydrogen-bond acceptors (Lipinski definition) is 8. The van der Waals surface area contributed by atoms with Crippen molar-refractivity contribution in [3.8, 4) is 22.1 Å². The van der Waals surface area contributed by atoms with Crippen molar-refractivity contribution in [3.63, 3.8) is 0 Å². The normalized spacial score (nSPS) is 12.3. The quantitative estimate of drug-likeness (QED) is 0.386. The van der Waals surface area contributed by atoms with E-state index in [0.717, 1.165) is 16.3 Å². The number of pyridine rings is 1. The minimum absolute atomic E-state index is 0.00213. The van der Waals surface area contributed by atoms with Gasteiger partial charge < -0.3 is 9.47 Å². The van der Waals surface area contributed by atoms with Crippen LogP contribution in [0.4, 0.5) is 10.8 Å². The molecule has 0 atom stereocenters. The first-order chi connectivity index (χ1) is 14.0. The van der Waals surface area contributed by atoms with Crippen molar-refractivity contribution >= 4 is 34.1 Å². The second kappa shape index (κ2) is 7.68. The summed E-state index contributed by atoms with van der Waals surface area (Å²) in [5, 5.41) is 14.4. The van der Waals surface area contributed by atoms with Gasteiger partial charge in [-0.3, -0.25) is 25.2 Å². The number of hydrogen-bond donors (Lipinski definition) is 1. The maximum atomic E-state index is 12.3. The van der Waals surface area contributed by atoms with Gasteiger partial charge in [-0.15, -0.1) is 0 Å². The Morgan fingerprint density at radius 3 is 2.83 bits per heavy atom. The fourth-order valence-corrected chi connectivity index (χ4v) is 3.68. The van der Waals surface area contributed by atoms with Gasteiger partial charge in [0.05, 0.1) is 32.8 Å². The molecule has 0 radical (unpaired) electrons. The van der Waals surface area contributed by atoms with E-state index in [1.165, 1.54) is 35.6 Å². The van der Waals surface area contributed by atoms with Crippen LogP contribution in [0.2, 0.25) is 0 Å². The molecule has 4 rings (SSSR count). The van der Waals surface area contributed by atoms with Crippen molar-refractivity contribution in [1.82, 2.24) is 9.97 Å². The smallest absolute Gasteiger partial charge is 0.280 e. The number of ether oxygens (including phenoxy) is 2. The Labute approximate surface area is 168 Å². The lowest BCUT2D eigenvalue weighted by molar-refractivity contribution is -0.385. The number of benzene rings is 1. The summed E-state index contributed by atoms with van der Waals surface area (Å²) in [5.74, 6) is 0.239. The van der Waals surface area contributed by atoms with Gasteiger partial charge in [0.2, 0.25) is 12.7 Å². The monoisotopic (exact) mass is 410 g/mol. The highest BCUT2D eigenvalue weighted by molar-refractivity contribution is 7.19. The Hall–Kier alpha value is -3.79. The molecular weight excluding hydrogens is 396 g/mol. The number of aromatic nitrogens is 2. The Balaban J connectivity index is 1.52. The van der Waals surface area contributed by atoms with Gasteiger partial charge in [0.1, 0.15) is 0 Å². The van der Waals surface area contributed by atoms with Gasteiger partial charge in [-0.2, -0.15) is 0 Å². The molecule has 1 aliphatic rings. The van der Waals surface area contributed by atoms with Gasteiger partial charge in [0.25, 0.3) is 5.69 Å². The molecule has 0 spiro atoms. The van der Waals surface area contributed by atoms with E-state index >= 15 is 0 Å². The highest BCUT2D eigenvalue weighted by Crippen LogP contribution is 2.38. The van der Waals surface area contributed by atoms with Crippen LogP contribution in [0.25, 0.3) is 16.6 Å². The van der Waals surface area contributed by atoms with E-state index in [4.69, 9.17) is 9.47 Å². The first-order valence-electron chi connectivity index (χ1n) is 8.47. The lowest BCUT2D eigenvalue weighted by atomic mass is 10.1. The highest BCUT2D eigenvalue weighted by atomic mass is 32.1. The second-order valence-corrected chi connectivity index (χ2v) is 6.99. The average Bonchev–Trinajstić information content (AvgIpc) is 3.31. The molecule has 0 bridgehead atoms. The molecule has 29 heavy (non-hydrogen) atoms. The number of carbonyl (C=O) groups excluding carboxylic acids is 1. The molecular formula is C19H14N4O5S. The maximum Gasteiger partial charge on any atom is 0.280 e. The number of anilines is 1. The molecule has 0 unspecified atom stereocenters. The van der Waals surface area contributed by atoms with Crippen LogP contribution < -0.4 is 14.8 Å². The van der Waals surface area contributed by atoms with E-state index in [0.29, 0.717) is 16.6 Å². The van der Waals surface area contributed by atoms with Gasteiger partial charge in [-0.05, 0) is 31.2 Å². The Kier molecular flexibility index (Phi) is 4.92. The number of rotatable bonds is 5. The molecule has 9 nitrogen and oxygen atoms in total. The van der Waals surface area contributed by atoms with Crippen LogP contribution in [-0.4, -0.2) is 27.6 Å². The summed E-state index contributed by atoms with van der Waals surface area (Å²) >= 11 is 1.30. The summed E-state index contributed by atoms with van der Waals surface area (Å²) in [5.41, 5.74) is 1.58. The van der Waals surface area contributed by atoms with Crippen LogP contribution in [0.1, 0.15) is 11.3 Å². The van der Waals surface area contributed by atoms with E-state index in [1.54, 1.807) is 6.20 Å². The third kappa shape index (κ3) is 3.92. The molecule has 1 aromatic carbocycles. The molecule has 3 heterocycles. The lowest BCUT2D eigenvalue weighted by Crippen LogP contribution is -2.07. The minimum atomic E-state index is -0.539. The van der Waals surface area contributed by atoms with Crippen LogP contribution in [0, 0.1) is 17.0 Å². The molecule has 1 N–H and O–H groups in total. The highest BCUT2D eigenvalue weighted by Gasteiger charge is 2.22. The van der Waals surface area contributed by atoms with Crippen molar-refractivity contribution in [1.29, 1.82) is 0 Å². The summed E-state index contributed by atoms with van der Waals surface area (Å²) in [7, 11) is 0. The summed E-state index contributed by atoms with van der Waals surface area (Å²) < 4.78 is 10.4. The average molecular weight is 410 g/mol. The first kappa shape index (κ1) is 18.6. The van der Waals surface area contributed by atoms with E-state index in [9.17, 15) is 14.9 Å². The fourth-order valence-electron chi connectivity index (χ4n) is 2.74.